The second-order valence-corrected chi connectivity index (χ2v) is 4.50. The summed E-state index contributed by atoms with van der Waals surface area (Å²) in [6.07, 6.45) is 9.68. The van der Waals surface area contributed by atoms with Crippen LogP contribution in [0, 0.1) is 0 Å². The van der Waals surface area contributed by atoms with E-state index in [0.717, 1.165) is 24.0 Å². The van der Waals surface area contributed by atoms with E-state index in [1.54, 1.807) is 12.1 Å². The molecule has 0 unspecified atom stereocenters. The van der Waals surface area contributed by atoms with Crippen molar-refractivity contribution >= 4 is 12.2 Å². The van der Waals surface area contributed by atoms with E-state index in [4.69, 9.17) is 0 Å². The van der Waals surface area contributed by atoms with Crippen LogP contribution in [0.2, 0.25) is 0 Å². The highest BCUT2D eigenvalue weighted by molar-refractivity contribution is 5.57. The van der Waals surface area contributed by atoms with E-state index in [-0.39, 0.29) is 0 Å². The standard InChI is InChI=1S/C18H18O2/c19-17-13-7-5-11-15(17)9-3-1-2-4-10-16-12-6-8-14-18(16)20/h3-14,19-20H,1-2H2/b9-3+,10-4+. The van der Waals surface area contributed by atoms with E-state index in [9.17, 15) is 10.2 Å². The smallest absolute Gasteiger partial charge is 0.122 e. The molecule has 2 rings (SSSR count). The SMILES string of the molecule is Oc1ccccc1/C=C/CC/C=C/c1ccccc1O. The first kappa shape index (κ1) is 13.9. The van der Waals surface area contributed by atoms with Crippen LogP contribution in [0.3, 0.4) is 0 Å². The van der Waals surface area contributed by atoms with Crippen LogP contribution in [0.1, 0.15) is 24.0 Å². The fourth-order valence-electron chi connectivity index (χ4n) is 1.87. The molecule has 0 fully saturated rings. The number of para-hydroxylation sites is 2. The molecule has 0 heterocycles. The summed E-state index contributed by atoms with van der Waals surface area (Å²) in [5.74, 6) is 0.599. The molecule has 0 saturated heterocycles. The maximum absolute atomic E-state index is 9.60. The number of phenols is 2. The fourth-order valence-corrected chi connectivity index (χ4v) is 1.87. The minimum Gasteiger partial charge on any atom is -0.507 e. The molecule has 0 radical (unpaired) electrons. The van der Waals surface area contributed by atoms with Crippen LogP contribution in [-0.4, -0.2) is 10.2 Å². The Labute approximate surface area is 119 Å². The van der Waals surface area contributed by atoms with Crippen molar-refractivity contribution in [2.45, 2.75) is 12.8 Å². The molecule has 0 aliphatic rings. The van der Waals surface area contributed by atoms with Gasteiger partial charge in [-0.05, 0) is 25.0 Å². The van der Waals surface area contributed by atoms with Crippen molar-refractivity contribution in [3.63, 3.8) is 0 Å². The highest BCUT2D eigenvalue weighted by Crippen LogP contribution is 2.18. The molecule has 0 aromatic heterocycles. The Morgan fingerprint density at radius 3 is 1.45 bits per heavy atom. The molecule has 0 aliphatic heterocycles. The first-order valence-electron chi connectivity index (χ1n) is 6.66. The lowest BCUT2D eigenvalue weighted by molar-refractivity contribution is 0.473. The van der Waals surface area contributed by atoms with Crippen molar-refractivity contribution < 1.29 is 10.2 Å². The maximum atomic E-state index is 9.60. The van der Waals surface area contributed by atoms with Crippen molar-refractivity contribution in [2.24, 2.45) is 0 Å². The Bertz CT molecular complexity index is 557. The average Bonchev–Trinajstić information content (AvgIpc) is 2.46. The van der Waals surface area contributed by atoms with Crippen LogP contribution >= 0.6 is 0 Å². The normalized spacial score (nSPS) is 11.4. The highest BCUT2D eigenvalue weighted by atomic mass is 16.3. The third-order valence-electron chi connectivity index (χ3n) is 2.97. The average molecular weight is 266 g/mol. The van der Waals surface area contributed by atoms with Crippen molar-refractivity contribution in [1.82, 2.24) is 0 Å². The zero-order valence-corrected chi connectivity index (χ0v) is 11.2. The van der Waals surface area contributed by atoms with E-state index in [1.165, 1.54) is 0 Å². The number of benzene rings is 2. The second-order valence-electron chi connectivity index (χ2n) is 4.50. The van der Waals surface area contributed by atoms with Crippen molar-refractivity contribution in [1.29, 1.82) is 0 Å². The first-order valence-corrected chi connectivity index (χ1v) is 6.66. The van der Waals surface area contributed by atoms with Crippen LogP contribution in [0.25, 0.3) is 12.2 Å². The van der Waals surface area contributed by atoms with Gasteiger partial charge in [0.2, 0.25) is 0 Å². The van der Waals surface area contributed by atoms with Crippen molar-refractivity contribution in [3.05, 3.63) is 71.8 Å². The number of allylic oxidation sites excluding steroid dienone is 2. The molecule has 2 N–H and O–H groups in total. The lowest BCUT2D eigenvalue weighted by atomic mass is 10.1. The number of unbranched alkanes of at least 4 members (excludes halogenated alkanes) is 1. The zero-order chi connectivity index (χ0) is 14.2. The summed E-state index contributed by atoms with van der Waals surface area (Å²) >= 11 is 0. The fraction of sp³-hybridized carbons (Fsp3) is 0.111. The molecule has 0 atom stereocenters. The van der Waals surface area contributed by atoms with Gasteiger partial charge in [-0.3, -0.25) is 0 Å². The van der Waals surface area contributed by atoms with Crippen LogP contribution in [0.5, 0.6) is 11.5 Å². The van der Waals surface area contributed by atoms with E-state index in [1.807, 2.05) is 60.7 Å². The molecule has 20 heavy (non-hydrogen) atoms. The molecule has 102 valence electrons. The summed E-state index contributed by atoms with van der Waals surface area (Å²) in [7, 11) is 0. The molecule has 0 amide bonds. The van der Waals surface area contributed by atoms with Crippen LogP contribution in [-0.2, 0) is 0 Å². The molecular formula is C18H18O2. The van der Waals surface area contributed by atoms with Gasteiger partial charge in [0.25, 0.3) is 0 Å². The number of hydrogen-bond donors (Lipinski definition) is 2. The molecule has 0 bridgehead atoms. The number of phenolic OH excluding ortho intramolecular Hbond substituents is 2. The topological polar surface area (TPSA) is 40.5 Å². The third-order valence-corrected chi connectivity index (χ3v) is 2.97. The maximum Gasteiger partial charge on any atom is 0.122 e. The van der Waals surface area contributed by atoms with E-state index < -0.39 is 0 Å². The Kier molecular flexibility index (Phi) is 5.01. The Balaban J connectivity index is 1.82. The van der Waals surface area contributed by atoms with Gasteiger partial charge in [-0.15, -0.1) is 0 Å². The van der Waals surface area contributed by atoms with E-state index in [2.05, 4.69) is 0 Å². The summed E-state index contributed by atoms with van der Waals surface area (Å²) in [5.41, 5.74) is 1.66. The molecular weight excluding hydrogens is 248 g/mol. The van der Waals surface area contributed by atoms with Gasteiger partial charge in [-0.1, -0.05) is 60.7 Å². The Morgan fingerprint density at radius 1 is 0.650 bits per heavy atom. The van der Waals surface area contributed by atoms with Crippen LogP contribution < -0.4 is 0 Å². The molecule has 2 nitrogen and oxygen atoms in total. The lowest BCUT2D eigenvalue weighted by Gasteiger charge is -1.97. The Morgan fingerprint density at radius 2 is 1.05 bits per heavy atom. The quantitative estimate of drug-likeness (QED) is 0.776. The van der Waals surface area contributed by atoms with Crippen LogP contribution in [0.15, 0.2) is 60.7 Å². The molecule has 0 spiro atoms. The summed E-state index contributed by atoms with van der Waals surface area (Å²) in [6.45, 7) is 0. The van der Waals surface area contributed by atoms with Crippen LogP contribution in [0.4, 0.5) is 0 Å². The van der Waals surface area contributed by atoms with Gasteiger partial charge < -0.3 is 10.2 Å². The predicted octanol–water partition coefficient (Wildman–Crippen LogP) is 4.60. The van der Waals surface area contributed by atoms with Gasteiger partial charge in [0.15, 0.2) is 0 Å². The molecule has 0 saturated carbocycles. The largest absolute Gasteiger partial charge is 0.507 e. The third kappa shape index (κ3) is 4.02. The minimum absolute atomic E-state index is 0.300. The van der Waals surface area contributed by atoms with Gasteiger partial charge in [0, 0.05) is 11.1 Å². The summed E-state index contributed by atoms with van der Waals surface area (Å²) in [5, 5.41) is 19.2. The minimum atomic E-state index is 0.300. The lowest BCUT2D eigenvalue weighted by Crippen LogP contribution is -1.74. The molecule has 0 aliphatic carbocycles. The van der Waals surface area contributed by atoms with Gasteiger partial charge in [-0.25, -0.2) is 0 Å². The first-order chi connectivity index (χ1) is 9.77. The summed E-state index contributed by atoms with van der Waals surface area (Å²) in [6, 6.07) is 14.5. The molecule has 2 aromatic carbocycles. The summed E-state index contributed by atoms with van der Waals surface area (Å²) < 4.78 is 0. The van der Waals surface area contributed by atoms with Gasteiger partial charge in [0.1, 0.15) is 11.5 Å². The molecule has 2 heteroatoms. The number of rotatable bonds is 5. The van der Waals surface area contributed by atoms with Crippen molar-refractivity contribution in [3.8, 4) is 11.5 Å². The summed E-state index contributed by atoms with van der Waals surface area (Å²) in [4.78, 5) is 0. The second kappa shape index (κ2) is 7.19. The van der Waals surface area contributed by atoms with E-state index >= 15 is 0 Å². The highest BCUT2D eigenvalue weighted by Gasteiger charge is 1.94. The van der Waals surface area contributed by atoms with E-state index in [0.29, 0.717) is 11.5 Å². The zero-order valence-electron chi connectivity index (χ0n) is 11.2. The number of hydrogen-bond acceptors (Lipinski definition) is 2. The molecule has 2 aromatic rings. The Hall–Kier alpha value is -2.48. The monoisotopic (exact) mass is 266 g/mol. The predicted molar refractivity (Wildman–Crippen MR) is 83.5 cm³/mol. The van der Waals surface area contributed by atoms with Gasteiger partial charge in [0.05, 0.1) is 0 Å². The van der Waals surface area contributed by atoms with Gasteiger partial charge in [-0.2, -0.15) is 0 Å². The van der Waals surface area contributed by atoms with Crippen molar-refractivity contribution in [2.75, 3.05) is 0 Å². The van der Waals surface area contributed by atoms with Gasteiger partial charge >= 0.3 is 0 Å². The number of aromatic hydroxyl groups is 2.